The average molecular weight is 245 g/mol. The molecule has 0 rings (SSSR count). The fourth-order valence-corrected chi connectivity index (χ4v) is 1.33. The summed E-state index contributed by atoms with van der Waals surface area (Å²) in [5.74, 6) is -1.51. The summed E-state index contributed by atoms with van der Waals surface area (Å²) < 4.78 is 0. The molecule has 5 N–H and O–H groups in total. The van der Waals surface area contributed by atoms with Crippen LogP contribution in [0.25, 0.3) is 0 Å². The number of hydrogen-bond acceptors (Lipinski definition) is 5. The molecule has 0 aromatic rings. The van der Waals surface area contributed by atoms with Crippen LogP contribution in [0.2, 0.25) is 0 Å². The Kier molecular flexibility index (Phi) is 6.37. The molecule has 2 amide bonds. The Bertz CT molecular complexity index is 293. The number of primary amides is 1. The van der Waals surface area contributed by atoms with Gasteiger partial charge in [-0.05, 0) is 12.3 Å². The van der Waals surface area contributed by atoms with Crippen LogP contribution in [0.4, 0.5) is 0 Å². The maximum atomic E-state index is 11.5. The van der Waals surface area contributed by atoms with E-state index in [1.807, 2.05) is 13.8 Å². The van der Waals surface area contributed by atoms with Gasteiger partial charge in [0.05, 0.1) is 12.5 Å². The van der Waals surface area contributed by atoms with Gasteiger partial charge in [-0.1, -0.05) is 13.8 Å². The summed E-state index contributed by atoms with van der Waals surface area (Å²) in [5.41, 5.74) is 10.3. The predicted octanol–water partition coefficient (Wildman–Crippen LogP) is -0.979. The lowest BCUT2D eigenvalue weighted by molar-refractivity contribution is -0.179. The zero-order valence-corrected chi connectivity index (χ0v) is 10.00. The third-order valence-electron chi connectivity index (χ3n) is 2.15. The van der Waals surface area contributed by atoms with E-state index in [0.717, 1.165) is 0 Å². The molecule has 0 radical (unpaired) electrons. The van der Waals surface area contributed by atoms with E-state index in [-0.39, 0.29) is 17.4 Å². The second kappa shape index (κ2) is 6.97. The van der Waals surface area contributed by atoms with Gasteiger partial charge in [-0.3, -0.25) is 14.8 Å². The quantitative estimate of drug-likeness (QED) is 0.302. The van der Waals surface area contributed by atoms with Gasteiger partial charge in [0.2, 0.25) is 5.91 Å². The van der Waals surface area contributed by atoms with Crippen molar-refractivity contribution >= 4 is 18.1 Å². The van der Waals surface area contributed by atoms with Gasteiger partial charge in [-0.15, -0.1) is 0 Å². The van der Waals surface area contributed by atoms with Crippen LogP contribution in [0.15, 0.2) is 0 Å². The Hall–Kier alpha value is -1.47. The van der Waals surface area contributed by atoms with Gasteiger partial charge in [0.1, 0.15) is 12.3 Å². The largest absolute Gasteiger partial charge is 0.370 e. The molecule has 0 unspecified atom stereocenters. The van der Waals surface area contributed by atoms with E-state index in [4.69, 9.17) is 11.5 Å². The van der Waals surface area contributed by atoms with Crippen LogP contribution >= 0.6 is 0 Å². The van der Waals surface area contributed by atoms with Crippen molar-refractivity contribution in [1.29, 1.82) is 0 Å². The smallest absolute Gasteiger partial charge is 0.264 e. The Balaban J connectivity index is 4.54. The molecule has 98 valence electrons. The third kappa shape index (κ3) is 5.41. The van der Waals surface area contributed by atoms with Gasteiger partial charge >= 0.3 is 0 Å². The van der Waals surface area contributed by atoms with Gasteiger partial charge in [-0.2, -0.15) is 0 Å². The number of nitrogens with two attached hydrogens (primary N) is 2. The summed E-state index contributed by atoms with van der Waals surface area (Å²) in [7, 11) is 0. The van der Waals surface area contributed by atoms with Gasteiger partial charge < -0.3 is 16.3 Å². The molecule has 0 saturated heterocycles. The van der Waals surface area contributed by atoms with Gasteiger partial charge in [-0.25, -0.2) is 5.06 Å². The third-order valence-corrected chi connectivity index (χ3v) is 2.15. The summed E-state index contributed by atoms with van der Waals surface area (Å²) >= 11 is 0. The molecule has 0 saturated carbocycles. The minimum Gasteiger partial charge on any atom is -0.370 e. The molecule has 0 aromatic carbocycles. The number of amides is 2. The highest BCUT2D eigenvalue weighted by atomic mass is 16.5. The van der Waals surface area contributed by atoms with Crippen LogP contribution in [-0.2, 0) is 14.4 Å². The fourth-order valence-electron chi connectivity index (χ4n) is 1.33. The zero-order chi connectivity index (χ0) is 13.6. The number of rotatable bonds is 7. The molecule has 7 nitrogen and oxygen atoms in total. The van der Waals surface area contributed by atoms with Crippen molar-refractivity contribution in [3.05, 3.63) is 0 Å². The van der Waals surface area contributed by atoms with E-state index in [2.05, 4.69) is 0 Å². The predicted molar refractivity (Wildman–Crippen MR) is 59.7 cm³/mol. The first-order valence-electron chi connectivity index (χ1n) is 5.30. The average Bonchev–Trinajstić information content (AvgIpc) is 2.22. The van der Waals surface area contributed by atoms with E-state index in [0.29, 0.717) is 12.7 Å². The van der Waals surface area contributed by atoms with Crippen LogP contribution in [-0.4, -0.2) is 40.5 Å². The lowest BCUT2D eigenvalue weighted by Crippen LogP contribution is -2.49. The van der Waals surface area contributed by atoms with Gasteiger partial charge in [0.15, 0.2) is 0 Å². The molecule has 0 aliphatic carbocycles. The highest BCUT2D eigenvalue weighted by Gasteiger charge is 2.27. The second-order valence-corrected chi connectivity index (χ2v) is 4.29. The maximum Gasteiger partial charge on any atom is 0.264 e. The monoisotopic (exact) mass is 245 g/mol. The lowest BCUT2D eigenvalue weighted by atomic mass is 10.0. The molecular formula is C10H19N3O4. The van der Waals surface area contributed by atoms with Crippen molar-refractivity contribution in [2.45, 2.75) is 38.8 Å². The summed E-state index contributed by atoms with van der Waals surface area (Å²) in [6.07, 6.45) is 0.410. The molecule has 0 aliphatic heterocycles. The number of aldehydes is 1. The topological polar surface area (TPSA) is 127 Å². The summed E-state index contributed by atoms with van der Waals surface area (Å²) in [4.78, 5) is 32.9. The number of carbonyl (C=O) groups is 3. The minimum atomic E-state index is -1.23. The molecular weight excluding hydrogens is 226 g/mol. The Morgan fingerprint density at radius 3 is 2.29 bits per heavy atom. The number of hydrogen-bond donors (Lipinski definition) is 3. The lowest BCUT2D eigenvalue weighted by Gasteiger charge is -2.24. The van der Waals surface area contributed by atoms with E-state index >= 15 is 0 Å². The standard InChI is InChI=1S/C10H19N3O4/c1-6(2)3-7(5-14)13(17)10(16)8(11)4-9(12)15/h5-8,17H,3-4,11H2,1-2H3,(H2,12,15)/t7-,8-/m0/s1. The van der Waals surface area contributed by atoms with E-state index < -0.39 is 23.9 Å². The SMILES string of the molecule is CC(C)C[C@@H](C=O)N(O)C(=O)[C@@H](N)CC(N)=O. The summed E-state index contributed by atoms with van der Waals surface area (Å²) in [6.45, 7) is 3.69. The Labute approximate surface area is 99.7 Å². The molecule has 17 heavy (non-hydrogen) atoms. The molecule has 2 atom stereocenters. The van der Waals surface area contributed by atoms with Crippen LogP contribution in [0.5, 0.6) is 0 Å². The number of carbonyl (C=O) groups excluding carboxylic acids is 3. The van der Waals surface area contributed by atoms with Crippen molar-refractivity contribution in [2.24, 2.45) is 17.4 Å². The highest BCUT2D eigenvalue weighted by Crippen LogP contribution is 2.09. The van der Waals surface area contributed by atoms with Crippen LogP contribution < -0.4 is 11.5 Å². The van der Waals surface area contributed by atoms with Crippen LogP contribution in [0.3, 0.4) is 0 Å². The second-order valence-electron chi connectivity index (χ2n) is 4.29. The van der Waals surface area contributed by atoms with Crippen molar-refractivity contribution in [3.63, 3.8) is 0 Å². The fraction of sp³-hybridized carbons (Fsp3) is 0.700. The van der Waals surface area contributed by atoms with Crippen LogP contribution in [0, 0.1) is 5.92 Å². The number of hydroxylamine groups is 2. The molecule has 0 fully saturated rings. The molecule has 0 aliphatic rings. The molecule has 0 spiro atoms. The van der Waals surface area contributed by atoms with Crippen molar-refractivity contribution < 1.29 is 19.6 Å². The Morgan fingerprint density at radius 2 is 1.94 bits per heavy atom. The van der Waals surface area contributed by atoms with Crippen molar-refractivity contribution in [3.8, 4) is 0 Å². The zero-order valence-electron chi connectivity index (χ0n) is 10.00. The molecule has 0 aromatic heterocycles. The maximum absolute atomic E-state index is 11.5. The minimum absolute atomic E-state index is 0.125. The first kappa shape index (κ1) is 15.5. The summed E-state index contributed by atoms with van der Waals surface area (Å²) in [6, 6.07) is -2.19. The van der Waals surface area contributed by atoms with Crippen molar-refractivity contribution in [2.75, 3.05) is 0 Å². The highest BCUT2D eigenvalue weighted by molar-refractivity contribution is 5.88. The van der Waals surface area contributed by atoms with Gasteiger partial charge in [0, 0.05) is 0 Å². The summed E-state index contributed by atoms with van der Waals surface area (Å²) in [5, 5.41) is 9.81. The first-order valence-corrected chi connectivity index (χ1v) is 5.30. The first-order chi connectivity index (χ1) is 7.79. The normalized spacial score (nSPS) is 14.2. The van der Waals surface area contributed by atoms with Crippen LogP contribution in [0.1, 0.15) is 26.7 Å². The molecule has 7 heteroatoms. The number of nitrogens with zero attached hydrogens (tertiary/aromatic N) is 1. The van der Waals surface area contributed by atoms with Crippen molar-refractivity contribution in [1.82, 2.24) is 5.06 Å². The van der Waals surface area contributed by atoms with E-state index in [9.17, 15) is 19.6 Å². The molecule has 0 heterocycles. The van der Waals surface area contributed by atoms with E-state index in [1.165, 1.54) is 0 Å². The van der Waals surface area contributed by atoms with Gasteiger partial charge in [0.25, 0.3) is 5.91 Å². The molecule has 0 bridgehead atoms. The Morgan fingerprint density at radius 1 is 1.41 bits per heavy atom. The van der Waals surface area contributed by atoms with E-state index in [1.54, 1.807) is 0 Å².